The molecule has 16 heteroatoms. The largest absolute Gasteiger partial charge is 0.465 e. The molecule has 2 amide bonds. The summed E-state index contributed by atoms with van der Waals surface area (Å²) in [4.78, 5) is 74.7. The van der Waals surface area contributed by atoms with Crippen LogP contribution < -0.4 is 15.5 Å². The summed E-state index contributed by atoms with van der Waals surface area (Å²) in [7, 11) is 2.63. The van der Waals surface area contributed by atoms with E-state index in [0.717, 1.165) is 5.82 Å². The number of piperazine rings is 2. The van der Waals surface area contributed by atoms with Crippen molar-refractivity contribution in [2.75, 3.05) is 82.1 Å². The number of nitrogen functional groups attached to an aromatic ring is 1. The highest BCUT2D eigenvalue weighted by atomic mass is 16.6. The first-order valence-electron chi connectivity index (χ1n) is 16.4. The van der Waals surface area contributed by atoms with E-state index in [9.17, 15) is 29.3 Å². The van der Waals surface area contributed by atoms with Crippen LogP contribution in [0.3, 0.4) is 0 Å². The van der Waals surface area contributed by atoms with Gasteiger partial charge in [0.25, 0.3) is 11.8 Å². The minimum absolute atomic E-state index is 0.0457. The number of benzene rings is 2. The van der Waals surface area contributed by atoms with Crippen LogP contribution in [0.1, 0.15) is 41.4 Å². The fraction of sp³-hybridized carbons (Fsp3) is 0.278. The van der Waals surface area contributed by atoms with Gasteiger partial charge in [-0.2, -0.15) is 0 Å². The molecule has 0 aliphatic carbocycles. The molecule has 0 saturated carbocycles. The maximum absolute atomic E-state index is 12.6. The molecule has 2 aliphatic rings. The van der Waals surface area contributed by atoms with Gasteiger partial charge in [-0.25, -0.2) is 19.6 Å². The molecule has 2 N–H and O–H groups in total. The lowest BCUT2D eigenvalue weighted by molar-refractivity contribution is -0.384. The molecular weight excluding hydrogens is 672 g/mol. The third kappa shape index (κ3) is 8.58. The van der Waals surface area contributed by atoms with E-state index in [2.05, 4.69) is 24.3 Å². The van der Waals surface area contributed by atoms with Crippen LogP contribution in [0.2, 0.25) is 0 Å². The summed E-state index contributed by atoms with van der Waals surface area (Å²) in [6.07, 6.45) is 3.23. The van der Waals surface area contributed by atoms with Crippen LogP contribution in [0.15, 0.2) is 85.2 Å². The molecule has 0 bridgehead atoms. The van der Waals surface area contributed by atoms with Crippen molar-refractivity contribution in [2.45, 2.75) is 0 Å². The molecule has 52 heavy (non-hydrogen) atoms. The van der Waals surface area contributed by atoms with Crippen molar-refractivity contribution in [1.82, 2.24) is 19.8 Å². The van der Waals surface area contributed by atoms with Crippen molar-refractivity contribution in [3.63, 3.8) is 0 Å². The van der Waals surface area contributed by atoms with Gasteiger partial charge < -0.3 is 34.8 Å². The number of hydrogen-bond donors (Lipinski definition) is 1. The first-order valence-corrected chi connectivity index (χ1v) is 16.4. The summed E-state index contributed by atoms with van der Waals surface area (Å²) in [6, 6.07) is 19.3. The maximum atomic E-state index is 12.6. The van der Waals surface area contributed by atoms with Crippen molar-refractivity contribution in [2.24, 2.45) is 0 Å². The topological polar surface area (TPSA) is 195 Å². The third-order valence-electron chi connectivity index (χ3n) is 8.62. The van der Waals surface area contributed by atoms with Crippen LogP contribution in [0.4, 0.5) is 23.0 Å². The van der Waals surface area contributed by atoms with Gasteiger partial charge in [-0.1, -0.05) is 0 Å². The summed E-state index contributed by atoms with van der Waals surface area (Å²) < 4.78 is 9.30. The number of nitrogens with two attached hydrogens (primary N) is 1. The van der Waals surface area contributed by atoms with Gasteiger partial charge in [-0.15, -0.1) is 0 Å². The minimum Gasteiger partial charge on any atom is -0.465 e. The number of pyridine rings is 2. The zero-order chi connectivity index (χ0) is 37.2. The van der Waals surface area contributed by atoms with Gasteiger partial charge in [0, 0.05) is 81.9 Å². The smallest absolute Gasteiger partial charge is 0.337 e. The second-order valence-corrected chi connectivity index (χ2v) is 11.7. The van der Waals surface area contributed by atoms with Gasteiger partial charge in [-0.05, 0) is 66.7 Å². The Bertz CT molecular complexity index is 1910. The fourth-order valence-corrected chi connectivity index (χ4v) is 5.79. The Morgan fingerprint density at radius 3 is 1.40 bits per heavy atom. The number of nitro groups is 1. The molecule has 6 rings (SSSR count). The Balaban J connectivity index is 0.000000202. The van der Waals surface area contributed by atoms with E-state index in [1.807, 2.05) is 11.0 Å². The second-order valence-electron chi connectivity index (χ2n) is 11.7. The standard InChI is InChI=1S/C18H18N4O5.C18H20N4O3/c1-27-18(24)14-6-4-13(5-7-14)17(23)21-11-9-20(10-12-21)16-15(22(25)26)3-2-8-19-16;1-25-18(24)14-6-4-13(5-7-14)17(23)22-11-9-21(10-12-22)16-15(19)3-2-8-20-16/h2-8H,9-12H2,1H3;2-8H,9-12,19H2,1H3. The van der Waals surface area contributed by atoms with E-state index in [1.165, 1.54) is 32.5 Å². The zero-order valence-electron chi connectivity index (χ0n) is 28.7. The number of anilines is 3. The van der Waals surface area contributed by atoms with Crippen molar-refractivity contribution >= 4 is 46.8 Å². The van der Waals surface area contributed by atoms with Crippen LogP contribution in [-0.2, 0) is 9.47 Å². The molecule has 0 spiro atoms. The predicted octanol–water partition coefficient (Wildman–Crippen LogP) is 3.15. The molecule has 2 aromatic carbocycles. The SMILES string of the molecule is COC(=O)c1ccc(C(=O)N2CCN(c3ncccc3N)CC2)cc1.COC(=O)c1ccc(C(=O)N2CCN(c3ncccc3[N+](=O)[O-])CC2)cc1. The summed E-state index contributed by atoms with van der Waals surface area (Å²) in [5.41, 5.74) is 8.39. The quantitative estimate of drug-likeness (QED) is 0.167. The summed E-state index contributed by atoms with van der Waals surface area (Å²) in [5.74, 6) is 0.000775. The normalized spacial score (nSPS) is 14.1. The number of hydrogen-bond acceptors (Lipinski definition) is 13. The number of ether oxygens (including phenoxy) is 2. The van der Waals surface area contributed by atoms with Gasteiger partial charge in [0.15, 0.2) is 5.82 Å². The third-order valence-corrected chi connectivity index (χ3v) is 8.62. The molecule has 0 unspecified atom stereocenters. The van der Waals surface area contributed by atoms with E-state index < -0.39 is 16.9 Å². The number of methoxy groups -OCH3 is 2. The highest BCUT2D eigenvalue weighted by Crippen LogP contribution is 2.26. The summed E-state index contributed by atoms with van der Waals surface area (Å²) >= 11 is 0. The Morgan fingerprint density at radius 2 is 1.00 bits per heavy atom. The number of esters is 2. The summed E-state index contributed by atoms with van der Waals surface area (Å²) in [6.45, 7) is 4.27. The molecule has 4 heterocycles. The van der Waals surface area contributed by atoms with E-state index in [1.54, 1.807) is 70.6 Å². The molecule has 2 aliphatic heterocycles. The van der Waals surface area contributed by atoms with E-state index in [-0.39, 0.29) is 17.5 Å². The molecule has 16 nitrogen and oxygen atoms in total. The van der Waals surface area contributed by atoms with Crippen LogP contribution >= 0.6 is 0 Å². The van der Waals surface area contributed by atoms with E-state index in [4.69, 9.17) is 5.73 Å². The minimum atomic E-state index is -0.459. The Labute approximate surface area is 299 Å². The van der Waals surface area contributed by atoms with Gasteiger partial charge in [-0.3, -0.25) is 19.7 Å². The number of rotatable bonds is 7. The lowest BCUT2D eigenvalue weighted by Crippen LogP contribution is -2.49. The average molecular weight is 711 g/mol. The highest BCUT2D eigenvalue weighted by Gasteiger charge is 2.27. The maximum Gasteiger partial charge on any atom is 0.337 e. The number of nitrogens with zero attached hydrogens (tertiary/aromatic N) is 7. The Kier molecular flexibility index (Phi) is 11.9. The molecule has 0 atom stereocenters. The van der Waals surface area contributed by atoms with Crippen LogP contribution in [0.25, 0.3) is 0 Å². The number of aromatic nitrogens is 2. The Hall–Kier alpha value is -6.58. The first-order chi connectivity index (χ1) is 25.1. The van der Waals surface area contributed by atoms with Crippen LogP contribution in [-0.4, -0.2) is 115 Å². The lowest BCUT2D eigenvalue weighted by atomic mass is 10.1. The monoisotopic (exact) mass is 710 g/mol. The molecule has 4 aromatic rings. The van der Waals surface area contributed by atoms with Crippen LogP contribution in [0, 0.1) is 10.1 Å². The number of carbonyl (C=O) groups is 4. The van der Waals surface area contributed by atoms with E-state index in [0.29, 0.717) is 86.1 Å². The van der Waals surface area contributed by atoms with E-state index >= 15 is 0 Å². The van der Waals surface area contributed by atoms with Crippen molar-refractivity contribution in [3.05, 3.63) is 118 Å². The van der Waals surface area contributed by atoms with Gasteiger partial charge >= 0.3 is 17.6 Å². The molecule has 2 aromatic heterocycles. The lowest BCUT2D eigenvalue weighted by Gasteiger charge is -2.35. The summed E-state index contributed by atoms with van der Waals surface area (Å²) in [5, 5.41) is 11.2. The molecular formula is C36H38N8O8. The van der Waals surface area contributed by atoms with Gasteiger partial charge in [0.2, 0.25) is 5.82 Å². The average Bonchev–Trinajstić information content (AvgIpc) is 3.20. The molecule has 0 radical (unpaired) electrons. The number of carbonyl (C=O) groups excluding carboxylic acids is 4. The van der Waals surface area contributed by atoms with Crippen molar-refractivity contribution in [1.29, 1.82) is 0 Å². The Morgan fingerprint density at radius 1 is 0.615 bits per heavy atom. The predicted molar refractivity (Wildman–Crippen MR) is 191 cm³/mol. The molecule has 2 fully saturated rings. The number of amides is 2. The first kappa shape index (κ1) is 36.7. The van der Waals surface area contributed by atoms with Crippen molar-refractivity contribution in [3.8, 4) is 0 Å². The van der Waals surface area contributed by atoms with Gasteiger partial charge in [0.1, 0.15) is 0 Å². The fourth-order valence-electron chi connectivity index (χ4n) is 5.79. The molecule has 2 saturated heterocycles. The highest BCUT2D eigenvalue weighted by molar-refractivity contribution is 5.97. The van der Waals surface area contributed by atoms with Crippen molar-refractivity contribution < 1.29 is 33.6 Å². The van der Waals surface area contributed by atoms with Crippen LogP contribution in [0.5, 0.6) is 0 Å². The second kappa shape index (κ2) is 16.9. The molecule has 270 valence electrons. The van der Waals surface area contributed by atoms with Gasteiger partial charge in [0.05, 0.1) is 36.0 Å². The zero-order valence-corrected chi connectivity index (χ0v) is 28.7.